The van der Waals surface area contributed by atoms with Crippen molar-refractivity contribution in [3.63, 3.8) is 0 Å². The van der Waals surface area contributed by atoms with Gasteiger partial charge in [0.1, 0.15) is 0 Å². The van der Waals surface area contributed by atoms with E-state index < -0.39 is 0 Å². The molecule has 0 heterocycles. The van der Waals surface area contributed by atoms with E-state index in [1.807, 2.05) is 0 Å². The van der Waals surface area contributed by atoms with Gasteiger partial charge < -0.3 is 6.58 Å². The van der Waals surface area contributed by atoms with Gasteiger partial charge in [-0.1, -0.05) is 6.42 Å². The maximum atomic E-state index is 5.30. The zero-order valence-corrected chi connectivity index (χ0v) is 10.6. The van der Waals surface area contributed by atoms with Crippen LogP contribution in [0.2, 0.25) is 0 Å². The molecule has 0 spiro atoms. The van der Waals surface area contributed by atoms with Crippen molar-refractivity contribution in [1.82, 2.24) is 0 Å². The van der Waals surface area contributed by atoms with Gasteiger partial charge in [0.05, 0.1) is 0 Å². The van der Waals surface area contributed by atoms with Gasteiger partial charge >= 0.3 is 34.5 Å². The third-order valence-corrected chi connectivity index (χ3v) is 0.772. The summed E-state index contributed by atoms with van der Waals surface area (Å²) in [6.07, 6.45) is 3.56. The summed E-state index contributed by atoms with van der Waals surface area (Å²) in [5.41, 5.74) is 0. The molecule has 0 rings (SSSR count). The number of unbranched alkanes of at least 4 members (excludes halogenated alkanes) is 1. The van der Waals surface area contributed by atoms with E-state index in [-0.39, 0.29) is 0 Å². The fourth-order valence-electron chi connectivity index (χ4n) is 0.195. The number of alkyl halides is 1. The Labute approximate surface area is 76.9 Å². The summed E-state index contributed by atoms with van der Waals surface area (Å²) in [7, 11) is 0. The minimum absolute atomic E-state index is 0.716. The van der Waals surface area contributed by atoms with E-state index >= 15 is 0 Å². The van der Waals surface area contributed by atoms with Crippen LogP contribution >= 0.6 is 31.4 Å². The Hall–Kier alpha value is 1.38. The van der Waals surface area contributed by atoms with Crippen molar-refractivity contribution < 1.29 is 14.8 Å². The molecule has 0 N–H and O–H groups in total. The molecule has 0 saturated carbocycles. The summed E-state index contributed by atoms with van der Waals surface area (Å²) >= 11 is 8.92. The second-order valence-electron chi connectivity index (χ2n) is 1.07. The molecule has 0 aromatic heterocycles. The van der Waals surface area contributed by atoms with E-state index in [2.05, 4.69) is 19.8 Å². The van der Waals surface area contributed by atoms with Crippen LogP contribution in [0.15, 0.2) is 6.08 Å². The predicted octanol–water partition coefficient (Wildman–Crippen LogP) is 2.88. The molecule has 0 amide bonds. The Bertz CT molecular complexity index is 41.4. The normalized spacial score (nSPS) is 7.00. The van der Waals surface area contributed by atoms with E-state index in [4.69, 9.17) is 18.2 Å². The van der Waals surface area contributed by atoms with Gasteiger partial charge in [-0.2, -0.15) is 0 Å². The summed E-state index contributed by atoms with van der Waals surface area (Å²) in [5, 5.41) is 0. The molecule has 0 unspecified atom stereocenters. The van der Waals surface area contributed by atoms with Gasteiger partial charge in [0.15, 0.2) is 0 Å². The first-order chi connectivity index (χ1) is 3.91. The second-order valence-corrected chi connectivity index (χ2v) is 1.44. The van der Waals surface area contributed by atoms with Gasteiger partial charge in [-0.3, -0.25) is 6.08 Å². The molecule has 0 aromatic carbocycles. The number of halogens is 2. The van der Waals surface area contributed by atoms with Crippen LogP contribution in [0.25, 0.3) is 0 Å². The average molecular weight is 296 g/mol. The minimum atomic E-state index is 0.716. The van der Waals surface area contributed by atoms with Crippen LogP contribution in [0.3, 0.4) is 0 Å². The Morgan fingerprint density at radius 1 is 1.62 bits per heavy atom. The molecule has 0 aliphatic heterocycles. The van der Waals surface area contributed by atoms with E-state index in [0.717, 1.165) is 12.8 Å². The summed E-state index contributed by atoms with van der Waals surface area (Å²) in [6.45, 7) is 5.03. The average Bonchev–Trinajstić information content (AvgIpc) is 1.88. The molecule has 3 heteroatoms. The van der Waals surface area contributed by atoms with Gasteiger partial charge in [-0.05, 0) is 6.42 Å². The van der Waals surface area contributed by atoms with Crippen LogP contribution in [-0.4, -0.2) is 5.88 Å². The van der Waals surface area contributed by atoms with E-state index in [1.54, 1.807) is 6.08 Å². The molecule has 0 radical (unpaired) electrons. The van der Waals surface area contributed by atoms with Crippen molar-refractivity contribution in [2.45, 2.75) is 12.8 Å². The van der Waals surface area contributed by atoms with Crippen LogP contribution in [-0.2, 0) is 14.8 Å². The summed E-state index contributed by atoms with van der Waals surface area (Å²) in [5.74, 6) is 0.716. The maximum absolute atomic E-state index is 5.30. The van der Waals surface area contributed by atoms with Crippen molar-refractivity contribution in [3.05, 3.63) is 12.7 Å². The molecular formula is C5H8ClIZn. The van der Waals surface area contributed by atoms with Crippen molar-refractivity contribution in [1.29, 1.82) is 0 Å². The monoisotopic (exact) mass is 294 g/mol. The quantitative estimate of drug-likeness (QED) is 0.247. The molecule has 0 aromatic rings. The van der Waals surface area contributed by atoms with Crippen molar-refractivity contribution in [3.8, 4) is 0 Å². The first-order valence-corrected chi connectivity index (χ1v) is 11.9. The molecule has 0 atom stereocenters. The fraction of sp³-hybridized carbons (Fsp3) is 0.600. The first-order valence-electron chi connectivity index (χ1n) is 2.28. The Morgan fingerprint density at radius 3 is 2.25 bits per heavy atom. The van der Waals surface area contributed by atoms with Crippen LogP contribution in [0.1, 0.15) is 12.8 Å². The fourth-order valence-corrected chi connectivity index (χ4v) is 0.349. The van der Waals surface area contributed by atoms with Crippen molar-refractivity contribution in [2.24, 2.45) is 0 Å². The summed E-state index contributed by atoms with van der Waals surface area (Å²) in [6, 6.07) is 0. The van der Waals surface area contributed by atoms with E-state index in [1.165, 1.54) is 14.8 Å². The zero-order chi connectivity index (χ0) is 6.83. The van der Waals surface area contributed by atoms with E-state index in [0.29, 0.717) is 5.88 Å². The van der Waals surface area contributed by atoms with Crippen LogP contribution in [0.4, 0.5) is 0 Å². The molecule has 0 nitrogen and oxygen atoms in total. The number of hydrogen-bond acceptors (Lipinski definition) is 0. The van der Waals surface area contributed by atoms with Gasteiger partial charge in [0.2, 0.25) is 0 Å². The SMILES string of the molecule is [CH-]=CCCCCl.[Zn+][I]. The third kappa shape index (κ3) is 15.7. The van der Waals surface area contributed by atoms with E-state index in [9.17, 15) is 0 Å². The molecular weight excluding hydrogens is 288 g/mol. The standard InChI is InChI=1S/C5H8Cl.HI.Zn/c1-2-3-4-5-6;;/h1-2H,3-5H2;1H;/q-1;;+2/p-1. The molecule has 0 aliphatic rings. The molecule has 8 heavy (non-hydrogen) atoms. The topological polar surface area (TPSA) is 0 Å². The van der Waals surface area contributed by atoms with Crippen molar-refractivity contribution >= 4 is 31.4 Å². The van der Waals surface area contributed by atoms with Crippen LogP contribution in [0.5, 0.6) is 0 Å². The number of allylic oxidation sites excluding steroid dienone is 1. The third-order valence-electron chi connectivity index (χ3n) is 0.504. The molecule has 0 saturated heterocycles. The Morgan fingerprint density at radius 2 is 2.12 bits per heavy atom. The van der Waals surface area contributed by atoms with Crippen LogP contribution < -0.4 is 0 Å². The van der Waals surface area contributed by atoms with Gasteiger partial charge in [0.25, 0.3) is 0 Å². The molecule has 0 fully saturated rings. The predicted molar refractivity (Wildman–Crippen MR) is 42.8 cm³/mol. The van der Waals surface area contributed by atoms with Gasteiger partial charge in [0, 0.05) is 5.88 Å². The van der Waals surface area contributed by atoms with Crippen LogP contribution in [0, 0.1) is 6.58 Å². The van der Waals surface area contributed by atoms with Crippen molar-refractivity contribution in [2.75, 3.05) is 5.88 Å². The van der Waals surface area contributed by atoms with Gasteiger partial charge in [-0.15, -0.1) is 11.6 Å². The first kappa shape index (κ1) is 12.1. The Balaban J connectivity index is 0. The van der Waals surface area contributed by atoms with Gasteiger partial charge in [-0.25, -0.2) is 0 Å². The zero-order valence-electron chi connectivity index (χ0n) is 4.74. The number of rotatable bonds is 3. The summed E-state index contributed by atoms with van der Waals surface area (Å²) in [4.78, 5) is 0. The molecule has 0 aliphatic carbocycles. The second kappa shape index (κ2) is 15.8. The summed E-state index contributed by atoms with van der Waals surface area (Å²) < 4.78 is 0. The number of hydrogen-bond donors (Lipinski definition) is 0. The molecule has 0 bridgehead atoms. The Kier molecular flexibility index (Phi) is 23.8. The molecule has 44 valence electrons.